The number of fused-ring (bicyclic) bond motifs is 1. The Balaban J connectivity index is 2.04. The molecule has 0 N–H and O–H groups in total. The molecule has 4 heterocycles. The average Bonchev–Trinajstić information content (AvgIpc) is 3.08. The second-order valence-electron chi connectivity index (χ2n) is 5.56. The molecule has 0 saturated carbocycles. The van der Waals surface area contributed by atoms with Crippen LogP contribution in [0.4, 0.5) is 13.2 Å². The number of pyridine rings is 2. The van der Waals surface area contributed by atoms with Crippen LogP contribution in [0, 0.1) is 0 Å². The van der Waals surface area contributed by atoms with E-state index in [0.717, 1.165) is 4.68 Å². The molecule has 7 nitrogen and oxygen atoms in total. The van der Waals surface area contributed by atoms with Gasteiger partial charge in [-0.25, -0.2) is 24.4 Å². The molecular weight excluding hydrogens is 458 g/mol. The lowest BCUT2D eigenvalue weighted by molar-refractivity contribution is -0.141. The van der Waals surface area contributed by atoms with Gasteiger partial charge in [-0.05, 0) is 18.2 Å². The zero-order valence-corrected chi connectivity index (χ0v) is 16.0. The molecule has 0 unspecified atom stereocenters. The lowest BCUT2D eigenvalue weighted by atomic mass is 10.3. The van der Waals surface area contributed by atoms with Crippen LogP contribution in [0.25, 0.3) is 28.4 Å². The van der Waals surface area contributed by atoms with Crippen LogP contribution in [-0.4, -0.2) is 24.7 Å². The van der Waals surface area contributed by atoms with Crippen molar-refractivity contribution in [3.8, 4) is 17.4 Å². The normalized spacial score (nSPS) is 11.9. The maximum absolute atomic E-state index is 13.3. The number of alkyl halides is 3. The van der Waals surface area contributed by atoms with Gasteiger partial charge in [-0.3, -0.25) is 0 Å². The van der Waals surface area contributed by atoms with Gasteiger partial charge in [0.15, 0.2) is 17.0 Å². The zero-order valence-electron chi connectivity index (χ0n) is 13.7. The summed E-state index contributed by atoms with van der Waals surface area (Å²) >= 11 is 17.9. The van der Waals surface area contributed by atoms with Crippen LogP contribution in [0.5, 0.6) is 0 Å². The second-order valence-corrected chi connectivity index (χ2v) is 6.77. The minimum Gasteiger partial charge on any atom is -0.400 e. The molecule has 4 rings (SSSR count). The lowest BCUT2D eigenvalue weighted by Crippen LogP contribution is -2.09. The zero-order chi connectivity index (χ0) is 20.9. The first kappa shape index (κ1) is 19.6. The number of aromatic nitrogens is 5. The minimum atomic E-state index is -4.79. The van der Waals surface area contributed by atoms with Gasteiger partial charge >= 0.3 is 11.8 Å². The van der Waals surface area contributed by atoms with E-state index in [4.69, 9.17) is 39.2 Å². The first-order valence-electron chi connectivity index (χ1n) is 7.60. The topological polar surface area (TPSA) is 86.7 Å². The van der Waals surface area contributed by atoms with Crippen molar-refractivity contribution in [1.29, 1.82) is 0 Å². The van der Waals surface area contributed by atoms with Crippen LogP contribution >= 0.6 is 34.8 Å². The average molecular weight is 463 g/mol. The van der Waals surface area contributed by atoms with Crippen LogP contribution in [0.15, 0.2) is 39.7 Å². The van der Waals surface area contributed by atoms with Crippen molar-refractivity contribution >= 4 is 45.8 Å². The van der Waals surface area contributed by atoms with Crippen LogP contribution in [0.2, 0.25) is 15.2 Å². The van der Waals surface area contributed by atoms with Crippen molar-refractivity contribution in [2.75, 3.05) is 0 Å². The molecule has 0 spiro atoms. The predicted octanol–water partition coefficient (Wildman–Crippen LogP) is 4.81. The van der Waals surface area contributed by atoms with Gasteiger partial charge in [0.25, 0.3) is 0 Å². The van der Waals surface area contributed by atoms with E-state index in [2.05, 4.69) is 20.1 Å². The third-order valence-electron chi connectivity index (χ3n) is 3.67. The molecule has 4 aromatic rings. The van der Waals surface area contributed by atoms with Gasteiger partial charge in [0.05, 0.1) is 10.0 Å². The molecule has 13 heteroatoms. The summed E-state index contributed by atoms with van der Waals surface area (Å²) in [5, 5.41) is 3.41. The van der Waals surface area contributed by atoms with Crippen LogP contribution in [0.3, 0.4) is 0 Å². The largest absolute Gasteiger partial charge is 0.435 e. The summed E-state index contributed by atoms with van der Waals surface area (Å²) in [4.78, 5) is 24.1. The van der Waals surface area contributed by atoms with E-state index >= 15 is 0 Å². The third kappa shape index (κ3) is 3.54. The van der Waals surface area contributed by atoms with E-state index in [-0.39, 0.29) is 37.7 Å². The smallest absolute Gasteiger partial charge is 0.400 e. The highest BCUT2D eigenvalue weighted by molar-refractivity contribution is 6.37. The molecule has 0 aliphatic heterocycles. The molecule has 0 radical (unpaired) electrons. The van der Waals surface area contributed by atoms with E-state index < -0.39 is 23.4 Å². The quantitative estimate of drug-likeness (QED) is 0.397. The number of nitrogens with zero attached hydrogens (tertiary/aromatic N) is 5. The van der Waals surface area contributed by atoms with E-state index in [1.54, 1.807) is 0 Å². The Morgan fingerprint density at radius 1 is 1.03 bits per heavy atom. The summed E-state index contributed by atoms with van der Waals surface area (Å²) in [6.07, 6.45) is -3.47. The summed E-state index contributed by atoms with van der Waals surface area (Å²) in [7, 11) is 0. The van der Waals surface area contributed by atoms with Crippen molar-refractivity contribution in [3.63, 3.8) is 0 Å². The van der Waals surface area contributed by atoms with Gasteiger partial charge in [0.2, 0.25) is 5.89 Å². The van der Waals surface area contributed by atoms with Crippen molar-refractivity contribution in [1.82, 2.24) is 24.7 Å². The van der Waals surface area contributed by atoms with E-state index in [1.807, 2.05) is 0 Å². The molecular formula is C16H5Cl3F3N5O2. The molecule has 0 saturated heterocycles. The summed E-state index contributed by atoms with van der Waals surface area (Å²) < 4.78 is 45.6. The summed E-state index contributed by atoms with van der Waals surface area (Å²) in [5.74, 6) is -0.609. The maximum Gasteiger partial charge on any atom is 0.435 e. The molecule has 148 valence electrons. The Bertz CT molecular complexity index is 1320. The number of hydrogen-bond acceptors (Lipinski definition) is 6. The van der Waals surface area contributed by atoms with Crippen molar-refractivity contribution in [3.05, 3.63) is 61.8 Å². The maximum atomic E-state index is 13.3. The Morgan fingerprint density at radius 2 is 1.79 bits per heavy atom. The Labute approximate surface area is 173 Å². The Morgan fingerprint density at radius 3 is 2.48 bits per heavy atom. The number of halogens is 6. The summed E-state index contributed by atoms with van der Waals surface area (Å²) in [6.45, 7) is 0. The van der Waals surface area contributed by atoms with E-state index in [0.29, 0.717) is 6.07 Å². The van der Waals surface area contributed by atoms with Crippen molar-refractivity contribution in [2.45, 2.75) is 6.18 Å². The first-order chi connectivity index (χ1) is 13.6. The summed E-state index contributed by atoms with van der Waals surface area (Å²) in [6, 6.07) is 4.79. The number of hydrogen-bond donors (Lipinski definition) is 0. The molecule has 4 aromatic heterocycles. The van der Waals surface area contributed by atoms with Crippen molar-refractivity contribution < 1.29 is 17.6 Å². The van der Waals surface area contributed by atoms with Gasteiger partial charge in [0, 0.05) is 12.3 Å². The highest BCUT2D eigenvalue weighted by atomic mass is 35.5. The van der Waals surface area contributed by atoms with Crippen LogP contribution in [0.1, 0.15) is 5.69 Å². The third-order valence-corrected chi connectivity index (χ3v) is 4.45. The monoisotopic (exact) mass is 461 g/mol. The van der Waals surface area contributed by atoms with Gasteiger partial charge in [-0.15, -0.1) is 0 Å². The molecule has 0 aromatic carbocycles. The second kappa shape index (κ2) is 6.97. The highest BCUT2D eigenvalue weighted by Gasteiger charge is 2.36. The van der Waals surface area contributed by atoms with E-state index in [1.165, 1.54) is 24.4 Å². The molecule has 0 atom stereocenters. The first-order valence-corrected chi connectivity index (χ1v) is 8.74. The van der Waals surface area contributed by atoms with Gasteiger partial charge < -0.3 is 4.42 Å². The van der Waals surface area contributed by atoms with Crippen molar-refractivity contribution in [2.24, 2.45) is 0 Å². The van der Waals surface area contributed by atoms with Crippen LogP contribution < -0.4 is 5.63 Å². The SMILES string of the molecule is O=c1oc(-c2cc(C(F)(F)F)nn2-c2ncccc2Cl)nc2c(Cl)cc(Cl)nc12. The molecule has 0 amide bonds. The van der Waals surface area contributed by atoms with Crippen LogP contribution in [-0.2, 0) is 6.18 Å². The highest BCUT2D eigenvalue weighted by Crippen LogP contribution is 2.34. The van der Waals surface area contributed by atoms with Gasteiger partial charge in [0.1, 0.15) is 16.4 Å². The fourth-order valence-electron chi connectivity index (χ4n) is 2.46. The molecule has 29 heavy (non-hydrogen) atoms. The van der Waals surface area contributed by atoms with E-state index in [9.17, 15) is 18.0 Å². The predicted molar refractivity (Wildman–Crippen MR) is 98.5 cm³/mol. The molecule has 0 fully saturated rings. The molecule has 0 aliphatic rings. The van der Waals surface area contributed by atoms with Gasteiger partial charge in [-0.2, -0.15) is 18.3 Å². The molecule has 0 bridgehead atoms. The molecule has 0 aliphatic carbocycles. The number of rotatable bonds is 2. The fourth-order valence-corrected chi connectivity index (χ4v) is 3.15. The minimum absolute atomic E-state index is 0.0141. The Kier molecular flexibility index (Phi) is 4.72. The Hall–Kier alpha value is -2.69. The lowest BCUT2D eigenvalue weighted by Gasteiger charge is -2.07. The summed E-state index contributed by atoms with van der Waals surface area (Å²) in [5.41, 5.74) is -2.95. The standard InChI is InChI=1S/C16H5Cl3F3N5O2/c17-6-2-1-3-23-13(6)27-8(5-9(26-27)16(20,21)22)14-25-11-7(18)4-10(19)24-12(11)15(28)29-14/h1-5H. The fraction of sp³-hybridized carbons (Fsp3) is 0.0625. The van der Waals surface area contributed by atoms with Gasteiger partial charge in [-0.1, -0.05) is 34.8 Å².